The third-order valence-electron chi connectivity index (χ3n) is 2.61. The molecule has 1 aromatic rings. The molecule has 0 aromatic carbocycles. The van der Waals surface area contributed by atoms with E-state index in [1.807, 2.05) is 11.6 Å². The maximum Gasteiger partial charge on any atom is 0.228 e. The Hall–Kier alpha value is -1.52. The average molecular weight is 208 g/mol. The first-order valence-electron chi connectivity index (χ1n) is 5.35. The highest BCUT2D eigenvalue weighted by Gasteiger charge is 2.24. The normalized spacial score (nSPS) is 15.1. The van der Waals surface area contributed by atoms with E-state index >= 15 is 0 Å². The van der Waals surface area contributed by atoms with Crippen LogP contribution in [0, 0.1) is 0 Å². The van der Waals surface area contributed by atoms with Crippen LogP contribution in [0.15, 0.2) is 6.20 Å². The number of nitrogens with two attached hydrogens (primary N) is 1. The Kier molecular flexibility index (Phi) is 2.62. The van der Waals surface area contributed by atoms with Gasteiger partial charge in [-0.2, -0.15) is 5.10 Å². The number of fused-ring (bicyclic) bond motifs is 1. The molecule has 0 unspecified atom stereocenters. The van der Waals surface area contributed by atoms with Gasteiger partial charge in [-0.05, 0) is 12.8 Å². The van der Waals surface area contributed by atoms with Gasteiger partial charge < -0.3 is 5.73 Å². The number of nitrogen functional groups attached to an aromatic ring is 1. The molecule has 1 aromatic heterocycles. The summed E-state index contributed by atoms with van der Waals surface area (Å²) in [7, 11) is 0. The maximum absolute atomic E-state index is 11.8. The number of carbonyl (C=O) groups excluding carboxylic acids is 1. The molecule has 0 fully saturated rings. The molecular weight excluding hydrogens is 192 g/mol. The summed E-state index contributed by atoms with van der Waals surface area (Å²) in [5.74, 6) is 0.922. The molecule has 0 saturated heterocycles. The SMILES string of the molecule is CCCC(=O)N1CCCn2ncc(N)c21. The summed E-state index contributed by atoms with van der Waals surface area (Å²) in [5.41, 5.74) is 6.40. The maximum atomic E-state index is 11.8. The van der Waals surface area contributed by atoms with Gasteiger partial charge >= 0.3 is 0 Å². The number of hydrogen-bond donors (Lipinski definition) is 1. The lowest BCUT2D eigenvalue weighted by Crippen LogP contribution is -2.37. The molecule has 0 spiro atoms. The summed E-state index contributed by atoms with van der Waals surface area (Å²) in [6.45, 7) is 3.61. The Morgan fingerprint density at radius 2 is 2.40 bits per heavy atom. The lowest BCUT2D eigenvalue weighted by Gasteiger charge is -2.28. The molecule has 0 bridgehead atoms. The number of hydrogen-bond acceptors (Lipinski definition) is 3. The molecule has 2 heterocycles. The van der Waals surface area contributed by atoms with E-state index in [0.29, 0.717) is 12.1 Å². The molecule has 0 aliphatic carbocycles. The molecule has 0 atom stereocenters. The number of amides is 1. The highest BCUT2D eigenvalue weighted by molar-refractivity contribution is 5.95. The molecule has 2 N–H and O–H groups in total. The highest BCUT2D eigenvalue weighted by Crippen LogP contribution is 2.27. The van der Waals surface area contributed by atoms with Crippen molar-refractivity contribution in [3.63, 3.8) is 0 Å². The third-order valence-corrected chi connectivity index (χ3v) is 2.61. The summed E-state index contributed by atoms with van der Waals surface area (Å²) in [5, 5.41) is 4.15. The van der Waals surface area contributed by atoms with Crippen LogP contribution in [0.4, 0.5) is 11.5 Å². The van der Waals surface area contributed by atoms with Crippen molar-refractivity contribution >= 4 is 17.4 Å². The second kappa shape index (κ2) is 3.92. The lowest BCUT2D eigenvalue weighted by atomic mass is 10.2. The molecule has 1 amide bonds. The van der Waals surface area contributed by atoms with Gasteiger partial charge in [0, 0.05) is 19.5 Å². The predicted octanol–water partition coefficient (Wildman–Crippen LogP) is 1.00. The van der Waals surface area contributed by atoms with Crippen LogP contribution >= 0.6 is 0 Å². The van der Waals surface area contributed by atoms with Crippen molar-refractivity contribution in [3.8, 4) is 0 Å². The number of rotatable bonds is 2. The minimum absolute atomic E-state index is 0.144. The Morgan fingerprint density at radius 3 is 3.13 bits per heavy atom. The van der Waals surface area contributed by atoms with Crippen LogP contribution < -0.4 is 10.6 Å². The monoisotopic (exact) mass is 208 g/mol. The molecule has 15 heavy (non-hydrogen) atoms. The molecule has 0 radical (unpaired) electrons. The molecule has 82 valence electrons. The first-order chi connectivity index (χ1) is 7.24. The van der Waals surface area contributed by atoms with Crippen LogP contribution in [-0.4, -0.2) is 22.2 Å². The second-order valence-electron chi connectivity index (χ2n) is 3.80. The van der Waals surface area contributed by atoms with Crippen LogP contribution in [0.5, 0.6) is 0 Å². The van der Waals surface area contributed by atoms with Gasteiger partial charge in [0.05, 0.1) is 11.9 Å². The fraction of sp³-hybridized carbons (Fsp3) is 0.600. The van der Waals surface area contributed by atoms with Crippen LogP contribution in [0.1, 0.15) is 26.2 Å². The number of nitrogens with zero attached hydrogens (tertiary/aromatic N) is 3. The van der Waals surface area contributed by atoms with Crippen molar-refractivity contribution in [2.75, 3.05) is 17.2 Å². The van der Waals surface area contributed by atoms with Crippen molar-refractivity contribution in [3.05, 3.63) is 6.20 Å². The van der Waals surface area contributed by atoms with Gasteiger partial charge in [0.1, 0.15) is 0 Å². The minimum atomic E-state index is 0.144. The van der Waals surface area contributed by atoms with Crippen molar-refractivity contribution in [2.24, 2.45) is 0 Å². The number of aromatic nitrogens is 2. The van der Waals surface area contributed by atoms with Crippen molar-refractivity contribution in [1.29, 1.82) is 0 Å². The van der Waals surface area contributed by atoms with Crippen LogP contribution in [0.2, 0.25) is 0 Å². The Labute approximate surface area is 88.8 Å². The zero-order valence-electron chi connectivity index (χ0n) is 8.94. The first kappa shape index (κ1) is 10.0. The van der Waals surface area contributed by atoms with Crippen molar-refractivity contribution in [1.82, 2.24) is 9.78 Å². The van der Waals surface area contributed by atoms with Gasteiger partial charge in [0.15, 0.2) is 5.82 Å². The van der Waals surface area contributed by atoms with Gasteiger partial charge in [-0.1, -0.05) is 6.92 Å². The zero-order valence-corrected chi connectivity index (χ0v) is 8.94. The van der Waals surface area contributed by atoms with Crippen molar-refractivity contribution < 1.29 is 4.79 Å². The van der Waals surface area contributed by atoms with Gasteiger partial charge in [0.25, 0.3) is 0 Å². The van der Waals surface area contributed by atoms with E-state index < -0.39 is 0 Å². The summed E-state index contributed by atoms with van der Waals surface area (Å²) in [6, 6.07) is 0. The topological polar surface area (TPSA) is 64.2 Å². The largest absolute Gasteiger partial charge is 0.394 e. The summed E-state index contributed by atoms with van der Waals surface area (Å²) in [4.78, 5) is 13.6. The minimum Gasteiger partial charge on any atom is -0.394 e. The van der Waals surface area contributed by atoms with E-state index in [4.69, 9.17) is 5.73 Å². The van der Waals surface area contributed by atoms with Gasteiger partial charge in [-0.3, -0.25) is 9.69 Å². The van der Waals surface area contributed by atoms with Crippen molar-refractivity contribution in [2.45, 2.75) is 32.7 Å². The Balaban J connectivity index is 2.28. The fourth-order valence-electron chi connectivity index (χ4n) is 1.93. The van der Waals surface area contributed by atoms with Crippen LogP contribution in [0.3, 0.4) is 0 Å². The highest BCUT2D eigenvalue weighted by atomic mass is 16.2. The molecule has 5 nitrogen and oxygen atoms in total. The molecular formula is C10H16N4O. The molecule has 5 heteroatoms. The summed E-state index contributed by atoms with van der Waals surface area (Å²) < 4.78 is 1.81. The Bertz CT molecular complexity index is 371. The zero-order chi connectivity index (χ0) is 10.8. The molecule has 1 aliphatic rings. The van der Waals surface area contributed by atoms with Gasteiger partial charge in [0.2, 0.25) is 5.91 Å². The predicted molar refractivity (Wildman–Crippen MR) is 58.5 cm³/mol. The summed E-state index contributed by atoms with van der Waals surface area (Å²) >= 11 is 0. The van der Waals surface area contributed by atoms with E-state index in [1.165, 1.54) is 0 Å². The number of anilines is 2. The quantitative estimate of drug-likeness (QED) is 0.788. The second-order valence-corrected chi connectivity index (χ2v) is 3.80. The molecule has 2 rings (SSSR count). The number of aryl methyl sites for hydroxylation is 1. The molecule has 1 aliphatic heterocycles. The van der Waals surface area contributed by atoms with Gasteiger partial charge in [-0.15, -0.1) is 0 Å². The van der Waals surface area contributed by atoms with Crippen LogP contribution in [0.25, 0.3) is 0 Å². The van der Waals surface area contributed by atoms with Gasteiger partial charge in [-0.25, -0.2) is 4.68 Å². The lowest BCUT2D eigenvalue weighted by molar-refractivity contribution is -0.118. The third kappa shape index (κ3) is 1.69. The van der Waals surface area contributed by atoms with E-state index in [9.17, 15) is 4.79 Å². The first-order valence-corrected chi connectivity index (χ1v) is 5.35. The summed E-state index contributed by atoms with van der Waals surface area (Å²) in [6.07, 6.45) is 4.00. The van der Waals surface area contributed by atoms with E-state index in [0.717, 1.165) is 31.7 Å². The van der Waals surface area contributed by atoms with E-state index in [1.54, 1.807) is 11.1 Å². The fourth-order valence-corrected chi connectivity index (χ4v) is 1.93. The Morgan fingerprint density at radius 1 is 1.60 bits per heavy atom. The standard InChI is InChI=1S/C10H16N4O/c1-2-4-9(15)13-5-3-6-14-10(13)8(11)7-12-14/h7H,2-6,11H2,1H3. The van der Waals surface area contributed by atoms with Crippen LogP contribution in [-0.2, 0) is 11.3 Å². The van der Waals surface area contributed by atoms with E-state index in [2.05, 4.69) is 5.10 Å². The number of carbonyl (C=O) groups is 1. The molecule has 0 saturated carbocycles. The smallest absolute Gasteiger partial charge is 0.228 e. The van der Waals surface area contributed by atoms with E-state index in [-0.39, 0.29) is 5.91 Å². The average Bonchev–Trinajstić information content (AvgIpc) is 2.61.